The SMILES string of the molecule is CSCCCNC(=S)N1CCC[C@H](O)C1. The van der Waals surface area contributed by atoms with E-state index in [1.807, 2.05) is 11.8 Å². The van der Waals surface area contributed by atoms with E-state index in [0.717, 1.165) is 43.2 Å². The number of rotatable bonds is 4. The van der Waals surface area contributed by atoms with Crippen LogP contribution in [0.2, 0.25) is 0 Å². The predicted octanol–water partition coefficient (Wildman–Crippen LogP) is 1.07. The molecule has 5 heteroatoms. The summed E-state index contributed by atoms with van der Waals surface area (Å²) in [4.78, 5) is 2.07. The minimum absolute atomic E-state index is 0.204. The van der Waals surface area contributed by atoms with Gasteiger partial charge < -0.3 is 15.3 Å². The highest BCUT2D eigenvalue weighted by atomic mass is 32.2. The maximum atomic E-state index is 9.51. The Morgan fingerprint density at radius 2 is 2.47 bits per heavy atom. The number of hydrogen-bond donors (Lipinski definition) is 2. The third kappa shape index (κ3) is 5.04. The van der Waals surface area contributed by atoms with Crippen LogP contribution in [0, 0.1) is 0 Å². The van der Waals surface area contributed by atoms with Gasteiger partial charge in [0.05, 0.1) is 6.10 Å². The standard InChI is InChI=1S/C10H20N2OS2/c1-15-7-3-5-11-10(14)12-6-2-4-9(13)8-12/h9,13H,2-8H2,1H3,(H,11,14)/t9-/m0/s1. The molecule has 0 aromatic heterocycles. The van der Waals surface area contributed by atoms with E-state index in [1.54, 1.807) is 0 Å². The number of thiocarbonyl (C=S) groups is 1. The first-order chi connectivity index (χ1) is 7.24. The van der Waals surface area contributed by atoms with Crippen LogP contribution >= 0.6 is 24.0 Å². The second kappa shape index (κ2) is 7.30. The lowest BCUT2D eigenvalue weighted by atomic mass is 10.1. The Balaban J connectivity index is 2.15. The molecule has 0 aromatic carbocycles. The number of likely N-dealkylation sites (tertiary alicyclic amines) is 1. The molecule has 2 N–H and O–H groups in total. The Morgan fingerprint density at radius 3 is 3.13 bits per heavy atom. The first-order valence-electron chi connectivity index (χ1n) is 5.44. The molecule has 88 valence electrons. The summed E-state index contributed by atoms with van der Waals surface area (Å²) in [5.41, 5.74) is 0. The summed E-state index contributed by atoms with van der Waals surface area (Å²) >= 11 is 7.13. The van der Waals surface area contributed by atoms with E-state index in [2.05, 4.69) is 16.5 Å². The van der Waals surface area contributed by atoms with Crippen molar-refractivity contribution in [3.63, 3.8) is 0 Å². The molecule has 1 saturated heterocycles. The van der Waals surface area contributed by atoms with E-state index in [1.165, 1.54) is 0 Å². The van der Waals surface area contributed by atoms with Crippen LogP contribution in [0.4, 0.5) is 0 Å². The summed E-state index contributed by atoms with van der Waals surface area (Å²) in [7, 11) is 0. The number of nitrogens with zero attached hydrogens (tertiary/aromatic N) is 1. The van der Waals surface area contributed by atoms with Gasteiger partial charge in [-0.1, -0.05) is 0 Å². The molecule has 0 saturated carbocycles. The van der Waals surface area contributed by atoms with Crippen LogP contribution in [-0.4, -0.2) is 52.9 Å². The number of nitrogens with one attached hydrogen (secondary N) is 1. The smallest absolute Gasteiger partial charge is 0.169 e. The fraction of sp³-hybridized carbons (Fsp3) is 0.900. The minimum atomic E-state index is -0.204. The van der Waals surface area contributed by atoms with Gasteiger partial charge in [-0.15, -0.1) is 0 Å². The molecule has 1 heterocycles. The molecule has 1 rings (SSSR count). The summed E-state index contributed by atoms with van der Waals surface area (Å²) in [5, 5.41) is 13.5. The van der Waals surface area contributed by atoms with Gasteiger partial charge in [-0.3, -0.25) is 0 Å². The average Bonchev–Trinajstić information content (AvgIpc) is 2.24. The summed E-state index contributed by atoms with van der Waals surface area (Å²) < 4.78 is 0. The Morgan fingerprint density at radius 1 is 1.67 bits per heavy atom. The highest BCUT2D eigenvalue weighted by molar-refractivity contribution is 7.98. The van der Waals surface area contributed by atoms with Gasteiger partial charge in [0.25, 0.3) is 0 Å². The molecule has 3 nitrogen and oxygen atoms in total. The van der Waals surface area contributed by atoms with E-state index in [4.69, 9.17) is 12.2 Å². The topological polar surface area (TPSA) is 35.5 Å². The Bertz CT molecular complexity index is 202. The van der Waals surface area contributed by atoms with Crippen LogP contribution in [0.5, 0.6) is 0 Å². The fourth-order valence-corrected chi connectivity index (χ4v) is 2.36. The van der Waals surface area contributed by atoms with Crippen LogP contribution in [-0.2, 0) is 0 Å². The maximum absolute atomic E-state index is 9.51. The first kappa shape index (κ1) is 13.1. The number of thioether (sulfide) groups is 1. The van der Waals surface area contributed by atoms with Gasteiger partial charge in [-0.2, -0.15) is 11.8 Å². The quantitative estimate of drug-likeness (QED) is 0.575. The largest absolute Gasteiger partial charge is 0.391 e. The van der Waals surface area contributed by atoms with Crippen molar-refractivity contribution in [2.75, 3.05) is 31.6 Å². The zero-order valence-electron chi connectivity index (χ0n) is 9.24. The normalized spacial score (nSPS) is 21.5. The second-order valence-corrected chi connectivity index (χ2v) is 5.19. The van der Waals surface area contributed by atoms with Crippen molar-refractivity contribution in [2.45, 2.75) is 25.4 Å². The van der Waals surface area contributed by atoms with Gasteiger partial charge in [0.15, 0.2) is 5.11 Å². The Hall–Kier alpha value is -0.0000000000000000486. The van der Waals surface area contributed by atoms with E-state index in [-0.39, 0.29) is 6.10 Å². The molecule has 1 fully saturated rings. The van der Waals surface area contributed by atoms with Crippen molar-refractivity contribution < 1.29 is 5.11 Å². The van der Waals surface area contributed by atoms with Crippen molar-refractivity contribution in [1.82, 2.24) is 10.2 Å². The number of aliphatic hydroxyl groups excluding tert-OH is 1. The van der Waals surface area contributed by atoms with Gasteiger partial charge in [-0.25, -0.2) is 0 Å². The minimum Gasteiger partial charge on any atom is -0.391 e. The molecule has 1 atom stereocenters. The third-order valence-electron chi connectivity index (χ3n) is 2.49. The fourth-order valence-electron chi connectivity index (χ4n) is 1.66. The highest BCUT2D eigenvalue weighted by Crippen LogP contribution is 2.09. The molecule has 15 heavy (non-hydrogen) atoms. The van der Waals surface area contributed by atoms with E-state index < -0.39 is 0 Å². The molecule has 0 radical (unpaired) electrons. The van der Waals surface area contributed by atoms with Gasteiger partial charge in [0.1, 0.15) is 0 Å². The van der Waals surface area contributed by atoms with Crippen LogP contribution in [0.25, 0.3) is 0 Å². The van der Waals surface area contributed by atoms with Crippen molar-refractivity contribution in [3.05, 3.63) is 0 Å². The second-order valence-electron chi connectivity index (χ2n) is 3.82. The Labute approximate surface area is 102 Å². The average molecular weight is 248 g/mol. The van der Waals surface area contributed by atoms with Crippen LogP contribution in [0.15, 0.2) is 0 Å². The molecule has 1 aliphatic rings. The molecular weight excluding hydrogens is 228 g/mol. The zero-order chi connectivity index (χ0) is 11.1. The van der Waals surface area contributed by atoms with Crippen molar-refractivity contribution in [3.8, 4) is 0 Å². The van der Waals surface area contributed by atoms with Crippen molar-refractivity contribution in [1.29, 1.82) is 0 Å². The van der Waals surface area contributed by atoms with Crippen LogP contribution in [0.3, 0.4) is 0 Å². The van der Waals surface area contributed by atoms with Gasteiger partial charge in [0.2, 0.25) is 0 Å². The number of piperidine rings is 1. The van der Waals surface area contributed by atoms with Crippen molar-refractivity contribution >= 4 is 29.1 Å². The Kier molecular flexibility index (Phi) is 6.36. The summed E-state index contributed by atoms with van der Waals surface area (Å²) in [6.07, 6.45) is 4.99. The van der Waals surface area contributed by atoms with E-state index >= 15 is 0 Å². The molecule has 0 aliphatic carbocycles. The maximum Gasteiger partial charge on any atom is 0.169 e. The molecule has 0 unspecified atom stereocenters. The number of β-amino-alcohol motifs (C(OH)–C–C–N with tert-alkyl or cyclic N) is 1. The monoisotopic (exact) mass is 248 g/mol. The van der Waals surface area contributed by atoms with Gasteiger partial charge >= 0.3 is 0 Å². The van der Waals surface area contributed by atoms with E-state index in [9.17, 15) is 5.11 Å². The molecule has 0 aromatic rings. The summed E-state index contributed by atoms with van der Waals surface area (Å²) in [5.74, 6) is 1.16. The highest BCUT2D eigenvalue weighted by Gasteiger charge is 2.19. The number of hydrogen-bond acceptors (Lipinski definition) is 3. The first-order valence-corrected chi connectivity index (χ1v) is 7.24. The molecular formula is C10H20N2OS2. The van der Waals surface area contributed by atoms with Crippen LogP contribution in [0.1, 0.15) is 19.3 Å². The van der Waals surface area contributed by atoms with Gasteiger partial charge in [-0.05, 0) is 43.5 Å². The van der Waals surface area contributed by atoms with Crippen molar-refractivity contribution in [2.24, 2.45) is 0 Å². The number of aliphatic hydroxyl groups is 1. The summed E-state index contributed by atoms with van der Waals surface area (Å²) in [6.45, 7) is 2.60. The molecule has 0 amide bonds. The zero-order valence-corrected chi connectivity index (χ0v) is 10.9. The molecule has 0 bridgehead atoms. The summed E-state index contributed by atoms with van der Waals surface area (Å²) in [6, 6.07) is 0. The lowest BCUT2D eigenvalue weighted by molar-refractivity contribution is 0.103. The molecule has 1 aliphatic heterocycles. The van der Waals surface area contributed by atoms with Crippen LogP contribution < -0.4 is 5.32 Å². The molecule has 0 spiro atoms. The lowest BCUT2D eigenvalue weighted by Crippen LogP contribution is -2.47. The predicted molar refractivity (Wildman–Crippen MR) is 70.4 cm³/mol. The third-order valence-corrected chi connectivity index (χ3v) is 3.58. The van der Waals surface area contributed by atoms with E-state index in [0.29, 0.717) is 6.54 Å². The van der Waals surface area contributed by atoms with Gasteiger partial charge in [0, 0.05) is 19.6 Å². The lowest BCUT2D eigenvalue weighted by Gasteiger charge is -2.32.